The number of hydrogen-bond acceptors (Lipinski definition) is 5. The Balaban J connectivity index is 1.58. The highest BCUT2D eigenvalue weighted by Crippen LogP contribution is 2.27. The van der Waals surface area contributed by atoms with Crippen molar-refractivity contribution >= 4 is 17.0 Å². The van der Waals surface area contributed by atoms with Gasteiger partial charge in [0.05, 0.1) is 18.8 Å². The number of aromatic nitrogens is 3. The third kappa shape index (κ3) is 3.71. The second kappa shape index (κ2) is 7.43. The van der Waals surface area contributed by atoms with Crippen molar-refractivity contribution in [2.45, 2.75) is 19.9 Å². The summed E-state index contributed by atoms with van der Waals surface area (Å²) in [6.45, 7) is 3.87. The van der Waals surface area contributed by atoms with E-state index in [1.807, 2.05) is 51.4 Å². The Morgan fingerprint density at radius 3 is 2.79 bits per heavy atom. The summed E-state index contributed by atoms with van der Waals surface area (Å²) >= 11 is 0. The fraction of sp³-hybridized carbons (Fsp3) is 0.227. The van der Waals surface area contributed by atoms with Gasteiger partial charge in [-0.05, 0) is 50.2 Å². The van der Waals surface area contributed by atoms with Crippen molar-refractivity contribution in [2.24, 2.45) is 7.05 Å². The molecule has 4 rings (SSSR count). The molecule has 7 nitrogen and oxygen atoms in total. The van der Waals surface area contributed by atoms with Crippen LogP contribution in [0.4, 0.5) is 0 Å². The number of oxazole rings is 1. The van der Waals surface area contributed by atoms with Gasteiger partial charge in [-0.25, -0.2) is 4.98 Å². The molecule has 0 saturated heterocycles. The molecule has 2 heterocycles. The zero-order chi connectivity index (χ0) is 20.5. The number of ether oxygens (including phenoxy) is 1. The standard InChI is InChI=1S/C22H22N4O3/c1-13(18-12-26(3)25-14(18)2)23-21(27)15-8-9-19-20(11-15)29-22(24-19)16-6-5-7-17(10-16)28-4/h5-13H,1-4H3,(H,23,27). The maximum absolute atomic E-state index is 12.7. The van der Waals surface area contributed by atoms with Crippen LogP contribution >= 0.6 is 0 Å². The van der Waals surface area contributed by atoms with Gasteiger partial charge >= 0.3 is 0 Å². The molecule has 0 fully saturated rings. The highest BCUT2D eigenvalue weighted by Gasteiger charge is 2.17. The minimum absolute atomic E-state index is 0.158. The normalized spacial score (nSPS) is 12.1. The van der Waals surface area contributed by atoms with Gasteiger partial charge in [0.25, 0.3) is 5.91 Å². The molecule has 4 aromatic rings. The van der Waals surface area contributed by atoms with Gasteiger partial charge in [0.1, 0.15) is 11.3 Å². The number of methoxy groups -OCH3 is 1. The van der Waals surface area contributed by atoms with Crippen molar-refractivity contribution in [1.82, 2.24) is 20.1 Å². The van der Waals surface area contributed by atoms with Crippen LogP contribution in [0.2, 0.25) is 0 Å². The van der Waals surface area contributed by atoms with Gasteiger partial charge in [-0.2, -0.15) is 5.10 Å². The average Bonchev–Trinajstić information content (AvgIpc) is 3.29. The molecular formula is C22H22N4O3. The zero-order valence-electron chi connectivity index (χ0n) is 16.8. The first kappa shape index (κ1) is 18.7. The number of carbonyl (C=O) groups excluding carboxylic acids is 1. The molecule has 0 bridgehead atoms. The average molecular weight is 390 g/mol. The number of nitrogens with one attached hydrogen (secondary N) is 1. The highest BCUT2D eigenvalue weighted by molar-refractivity contribution is 5.97. The van der Waals surface area contributed by atoms with E-state index in [9.17, 15) is 4.79 Å². The molecule has 1 atom stereocenters. The van der Waals surface area contributed by atoms with Crippen molar-refractivity contribution in [3.05, 3.63) is 65.5 Å². The number of hydrogen-bond donors (Lipinski definition) is 1. The summed E-state index contributed by atoms with van der Waals surface area (Å²) in [5.41, 5.74) is 4.46. The van der Waals surface area contributed by atoms with E-state index in [0.717, 1.165) is 22.6 Å². The molecule has 1 unspecified atom stereocenters. The van der Waals surface area contributed by atoms with E-state index in [1.165, 1.54) is 0 Å². The van der Waals surface area contributed by atoms with Crippen LogP contribution in [0.5, 0.6) is 5.75 Å². The Bertz CT molecular complexity index is 1190. The van der Waals surface area contributed by atoms with Crippen LogP contribution in [0.1, 0.15) is 34.6 Å². The fourth-order valence-electron chi connectivity index (χ4n) is 3.35. The molecular weight excluding hydrogens is 368 g/mol. The SMILES string of the molecule is COc1cccc(-c2nc3ccc(C(=O)NC(C)c4cn(C)nc4C)cc3o2)c1. The molecule has 0 spiro atoms. The molecule has 0 radical (unpaired) electrons. The van der Waals surface area contributed by atoms with Gasteiger partial charge < -0.3 is 14.5 Å². The number of rotatable bonds is 5. The first-order valence-corrected chi connectivity index (χ1v) is 9.30. The second-order valence-electron chi connectivity index (χ2n) is 6.97. The molecule has 29 heavy (non-hydrogen) atoms. The number of carbonyl (C=O) groups is 1. The summed E-state index contributed by atoms with van der Waals surface area (Å²) in [5.74, 6) is 1.03. The summed E-state index contributed by atoms with van der Waals surface area (Å²) in [5, 5.41) is 7.34. The van der Waals surface area contributed by atoms with E-state index in [4.69, 9.17) is 9.15 Å². The molecule has 148 valence electrons. The van der Waals surface area contributed by atoms with E-state index >= 15 is 0 Å². The molecule has 0 aliphatic heterocycles. The molecule has 0 aliphatic carbocycles. The predicted molar refractivity (Wildman–Crippen MR) is 110 cm³/mol. The van der Waals surface area contributed by atoms with E-state index in [2.05, 4.69) is 15.4 Å². The third-order valence-corrected chi connectivity index (χ3v) is 4.83. The van der Waals surface area contributed by atoms with Gasteiger partial charge in [0.15, 0.2) is 5.58 Å². The topological polar surface area (TPSA) is 82.2 Å². The Kier molecular flexibility index (Phi) is 4.80. The van der Waals surface area contributed by atoms with E-state index in [1.54, 1.807) is 30.0 Å². The summed E-state index contributed by atoms with van der Waals surface area (Å²) in [7, 11) is 3.48. The molecule has 1 amide bonds. The predicted octanol–water partition coefficient (Wildman–Crippen LogP) is 4.04. The van der Waals surface area contributed by atoms with Crippen LogP contribution in [0.25, 0.3) is 22.6 Å². The number of aryl methyl sites for hydroxylation is 2. The van der Waals surface area contributed by atoms with Crippen LogP contribution < -0.4 is 10.1 Å². The van der Waals surface area contributed by atoms with Crippen molar-refractivity contribution in [3.8, 4) is 17.2 Å². The number of nitrogens with zero attached hydrogens (tertiary/aromatic N) is 3. The molecule has 0 aliphatic rings. The lowest BCUT2D eigenvalue weighted by Crippen LogP contribution is -2.26. The Labute approximate surface area is 168 Å². The highest BCUT2D eigenvalue weighted by atomic mass is 16.5. The zero-order valence-corrected chi connectivity index (χ0v) is 16.8. The van der Waals surface area contributed by atoms with Gasteiger partial charge in [-0.15, -0.1) is 0 Å². The van der Waals surface area contributed by atoms with Crippen LogP contribution in [0.15, 0.2) is 53.1 Å². The number of amides is 1. The van der Waals surface area contributed by atoms with Crippen molar-refractivity contribution < 1.29 is 13.9 Å². The number of fused-ring (bicyclic) bond motifs is 1. The Morgan fingerprint density at radius 2 is 2.07 bits per heavy atom. The lowest BCUT2D eigenvalue weighted by Gasteiger charge is -2.13. The van der Waals surface area contributed by atoms with Crippen LogP contribution in [-0.4, -0.2) is 27.8 Å². The minimum Gasteiger partial charge on any atom is -0.497 e. The smallest absolute Gasteiger partial charge is 0.251 e. The first-order valence-electron chi connectivity index (χ1n) is 9.30. The molecule has 2 aromatic heterocycles. The lowest BCUT2D eigenvalue weighted by molar-refractivity contribution is 0.0940. The van der Waals surface area contributed by atoms with Crippen LogP contribution in [0, 0.1) is 6.92 Å². The lowest BCUT2D eigenvalue weighted by atomic mass is 10.1. The van der Waals surface area contributed by atoms with Gasteiger partial charge in [0, 0.05) is 29.9 Å². The largest absolute Gasteiger partial charge is 0.497 e. The van der Waals surface area contributed by atoms with Crippen LogP contribution in [-0.2, 0) is 7.05 Å². The van der Waals surface area contributed by atoms with E-state index < -0.39 is 0 Å². The maximum Gasteiger partial charge on any atom is 0.251 e. The fourth-order valence-corrected chi connectivity index (χ4v) is 3.35. The van der Waals surface area contributed by atoms with E-state index in [0.29, 0.717) is 22.6 Å². The van der Waals surface area contributed by atoms with E-state index in [-0.39, 0.29) is 11.9 Å². The molecule has 0 saturated carbocycles. The number of benzene rings is 2. The second-order valence-corrected chi connectivity index (χ2v) is 6.97. The molecule has 1 N–H and O–H groups in total. The monoisotopic (exact) mass is 390 g/mol. The third-order valence-electron chi connectivity index (χ3n) is 4.83. The van der Waals surface area contributed by atoms with Crippen molar-refractivity contribution in [1.29, 1.82) is 0 Å². The van der Waals surface area contributed by atoms with Crippen molar-refractivity contribution in [2.75, 3.05) is 7.11 Å². The Hall–Kier alpha value is -3.61. The summed E-state index contributed by atoms with van der Waals surface area (Å²) < 4.78 is 12.9. The Morgan fingerprint density at radius 1 is 1.24 bits per heavy atom. The summed E-state index contributed by atoms with van der Waals surface area (Å²) in [4.78, 5) is 17.3. The molecule has 7 heteroatoms. The van der Waals surface area contributed by atoms with Crippen LogP contribution in [0.3, 0.4) is 0 Å². The van der Waals surface area contributed by atoms with Gasteiger partial charge in [-0.1, -0.05) is 6.07 Å². The summed E-state index contributed by atoms with van der Waals surface area (Å²) in [6, 6.07) is 12.6. The van der Waals surface area contributed by atoms with Gasteiger partial charge in [-0.3, -0.25) is 9.48 Å². The van der Waals surface area contributed by atoms with Gasteiger partial charge in [0.2, 0.25) is 5.89 Å². The quantitative estimate of drug-likeness (QED) is 0.556. The molecule has 2 aromatic carbocycles. The minimum atomic E-state index is -0.179. The maximum atomic E-state index is 12.7. The van der Waals surface area contributed by atoms with Crippen molar-refractivity contribution in [3.63, 3.8) is 0 Å². The first-order chi connectivity index (χ1) is 13.9. The summed E-state index contributed by atoms with van der Waals surface area (Å²) in [6.07, 6.45) is 1.92.